The Morgan fingerprint density at radius 3 is 2.70 bits per heavy atom. The van der Waals surface area contributed by atoms with E-state index in [-0.39, 0.29) is 12.2 Å². The van der Waals surface area contributed by atoms with Gasteiger partial charge in [-0.2, -0.15) is 0 Å². The quantitative estimate of drug-likeness (QED) is 0.747. The standard InChI is InChI=1S/C16H23NO3/c1-13(2)17-9-8-15(20-12-18)16(10-17)19-11-14-6-4-3-5-7-14/h3-7,12-13,15-16H,8-11H2,1-2H3/t15-,16+/m0/s1. The van der Waals surface area contributed by atoms with E-state index in [0.29, 0.717) is 19.1 Å². The van der Waals surface area contributed by atoms with Gasteiger partial charge in [-0.3, -0.25) is 9.69 Å². The lowest BCUT2D eigenvalue weighted by Crippen LogP contribution is -2.51. The van der Waals surface area contributed by atoms with Crippen LogP contribution in [0.4, 0.5) is 0 Å². The Labute approximate surface area is 120 Å². The van der Waals surface area contributed by atoms with Gasteiger partial charge in [0.1, 0.15) is 12.2 Å². The summed E-state index contributed by atoms with van der Waals surface area (Å²) < 4.78 is 11.2. The third kappa shape index (κ3) is 4.05. The maximum absolute atomic E-state index is 10.6. The van der Waals surface area contributed by atoms with Crippen LogP contribution in [-0.2, 0) is 20.9 Å². The molecule has 2 atom stereocenters. The number of hydrogen-bond acceptors (Lipinski definition) is 4. The average molecular weight is 277 g/mol. The zero-order valence-corrected chi connectivity index (χ0v) is 12.2. The molecular formula is C16H23NO3. The minimum absolute atomic E-state index is 0.0587. The fraction of sp³-hybridized carbons (Fsp3) is 0.562. The third-order valence-electron chi connectivity index (χ3n) is 3.80. The molecule has 0 N–H and O–H groups in total. The lowest BCUT2D eigenvalue weighted by Gasteiger charge is -2.39. The molecule has 110 valence electrons. The molecule has 1 aromatic carbocycles. The predicted molar refractivity (Wildman–Crippen MR) is 77.3 cm³/mol. The molecule has 0 amide bonds. The molecule has 1 aliphatic heterocycles. The van der Waals surface area contributed by atoms with E-state index in [0.717, 1.165) is 25.1 Å². The minimum atomic E-state index is -0.133. The zero-order valence-electron chi connectivity index (χ0n) is 12.2. The fourth-order valence-electron chi connectivity index (χ4n) is 2.55. The van der Waals surface area contributed by atoms with Gasteiger partial charge in [-0.1, -0.05) is 30.3 Å². The molecule has 0 unspecified atom stereocenters. The number of nitrogens with zero attached hydrogens (tertiary/aromatic N) is 1. The van der Waals surface area contributed by atoms with Crippen molar-refractivity contribution in [1.29, 1.82) is 0 Å². The smallest absolute Gasteiger partial charge is 0.293 e. The molecule has 0 aromatic heterocycles. The number of hydrogen-bond donors (Lipinski definition) is 0. The van der Waals surface area contributed by atoms with E-state index < -0.39 is 0 Å². The first-order valence-corrected chi connectivity index (χ1v) is 7.19. The number of benzene rings is 1. The SMILES string of the molecule is CC(C)N1CC[C@H](OC=O)[C@H](OCc2ccccc2)C1. The number of piperidine rings is 1. The summed E-state index contributed by atoms with van der Waals surface area (Å²) in [6.45, 7) is 7.19. The van der Waals surface area contributed by atoms with Crippen molar-refractivity contribution < 1.29 is 14.3 Å². The average Bonchev–Trinajstić information content (AvgIpc) is 2.47. The summed E-state index contributed by atoms with van der Waals surface area (Å²) >= 11 is 0. The zero-order chi connectivity index (χ0) is 14.4. The number of carbonyl (C=O) groups excluding carboxylic acids is 1. The highest BCUT2D eigenvalue weighted by Gasteiger charge is 2.32. The molecule has 1 heterocycles. The topological polar surface area (TPSA) is 38.8 Å². The molecule has 4 nitrogen and oxygen atoms in total. The van der Waals surface area contributed by atoms with Crippen LogP contribution in [0, 0.1) is 0 Å². The lowest BCUT2D eigenvalue weighted by molar-refractivity contribution is -0.151. The predicted octanol–water partition coefficient (Wildman–Crippen LogP) is 2.23. The van der Waals surface area contributed by atoms with Gasteiger partial charge in [0.15, 0.2) is 0 Å². The van der Waals surface area contributed by atoms with E-state index in [1.165, 1.54) is 0 Å². The molecule has 1 saturated heterocycles. The molecule has 4 heteroatoms. The summed E-state index contributed by atoms with van der Waals surface area (Å²) in [7, 11) is 0. The van der Waals surface area contributed by atoms with Crippen LogP contribution >= 0.6 is 0 Å². The second kappa shape index (κ2) is 7.41. The Bertz CT molecular complexity index is 407. The molecule has 0 bridgehead atoms. The Hall–Kier alpha value is -1.39. The normalized spacial score (nSPS) is 23.8. The summed E-state index contributed by atoms with van der Waals surface area (Å²) in [5.74, 6) is 0. The first-order chi connectivity index (χ1) is 9.70. The molecule has 1 fully saturated rings. The van der Waals surface area contributed by atoms with Crippen LogP contribution in [0.25, 0.3) is 0 Å². The van der Waals surface area contributed by atoms with Crippen LogP contribution in [0.15, 0.2) is 30.3 Å². The molecule has 2 rings (SSSR count). The highest BCUT2D eigenvalue weighted by atomic mass is 16.6. The van der Waals surface area contributed by atoms with Crippen LogP contribution < -0.4 is 0 Å². The molecule has 1 aliphatic rings. The van der Waals surface area contributed by atoms with Crippen molar-refractivity contribution in [2.75, 3.05) is 13.1 Å². The lowest BCUT2D eigenvalue weighted by atomic mass is 10.0. The van der Waals surface area contributed by atoms with Crippen molar-refractivity contribution in [2.24, 2.45) is 0 Å². The van der Waals surface area contributed by atoms with Gasteiger partial charge in [0.05, 0.1) is 6.61 Å². The van der Waals surface area contributed by atoms with Crippen LogP contribution in [-0.4, -0.2) is 42.7 Å². The largest absolute Gasteiger partial charge is 0.462 e. The number of likely N-dealkylation sites (tertiary alicyclic amines) is 1. The molecule has 0 aliphatic carbocycles. The Kier molecular flexibility index (Phi) is 5.56. The van der Waals surface area contributed by atoms with Crippen molar-refractivity contribution in [3.05, 3.63) is 35.9 Å². The van der Waals surface area contributed by atoms with Crippen LogP contribution in [0.5, 0.6) is 0 Å². The third-order valence-corrected chi connectivity index (χ3v) is 3.80. The Morgan fingerprint density at radius 1 is 1.30 bits per heavy atom. The van der Waals surface area contributed by atoms with Gasteiger partial charge in [-0.15, -0.1) is 0 Å². The van der Waals surface area contributed by atoms with Crippen molar-refractivity contribution in [3.63, 3.8) is 0 Å². The van der Waals surface area contributed by atoms with E-state index in [9.17, 15) is 4.79 Å². The van der Waals surface area contributed by atoms with E-state index in [4.69, 9.17) is 9.47 Å². The van der Waals surface area contributed by atoms with Crippen molar-refractivity contribution in [1.82, 2.24) is 4.90 Å². The second-order valence-corrected chi connectivity index (χ2v) is 5.48. The second-order valence-electron chi connectivity index (χ2n) is 5.48. The van der Waals surface area contributed by atoms with E-state index in [1.807, 2.05) is 30.3 Å². The highest BCUT2D eigenvalue weighted by Crippen LogP contribution is 2.20. The van der Waals surface area contributed by atoms with Gasteiger partial charge in [0.2, 0.25) is 0 Å². The first-order valence-electron chi connectivity index (χ1n) is 7.19. The van der Waals surface area contributed by atoms with Crippen LogP contribution in [0.2, 0.25) is 0 Å². The van der Waals surface area contributed by atoms with E-state index >= 15 is 0 Å². The van der Waals surface area contributed by atoms with Crippen LogP contribution in [0.1, 0.15) is 25.8 Å². The first kappa shape index (κ1) is 15.0. The maximum Gasteiger partial charge on any atom is 0.293 e. The van der Waals surface area contributed by atoms with E-state index in [2.05, 4.69) is 18.7 Å². The van der Waals surface area contributed by atoms with Gasteiger partial charge >= 0.3 is 0 Å². The number of ether oxygens (including phenoxy) is 2. The molecule has 0 spiro atoms. The fourth-order valence-corrected chi connectivity index (χ4v) is 2.55. The minimum Gasteiger partial charge on any atom is -0.462 e. The maximum atomic E-state index is 10.6. The monoisotopic (exact) mass is 277 g/mol. The highest BCUT2D eigenvalue weighted by molar-refractivity contribution is 5.37. The summed E-state index contributed by atoms with van der Waals surface area (Å²) in [6.07, 6.45) is 0.638. The summed E-state index contributed by atoms with van der Waals surface area (Å²) in [4.78, 5) is 13.0. The Balaban J connectivity index is 1.94. The van der Waals surface area contributed by atoms with Gasteiger partial charge in [-0.25, -0.2) is 0 Å². The summed E-state index contributed by atoms with van der Waals surface area (Å²) in [5.41, 5.74) is 1.14. The number of rotatable bonds is 6. The van der Waals surface area contributed by atoms with Gasteiger partial charge in [0.25, 0.3) is 6.47 Å². The summed E-state index contributed by atoms with van der Waals surface area (Å²) in [6, 6.07) is 10.5. The van der Waals surface area contributed by atoms with Crippen molar-refractivity contribution in [2.45, 2.75) is 45.1 Å². The molecule has 20 heavy (non-hydrogen) atoms. The van der Waals surface area contributed by atoms with Gasteiger partial charge < -0.3 is 9.47 Å². The van der Waals surface area contributed by atoms with E-state index in [1.54, 1.807) is 0 Å². The van der Waals surface area contributed by atoms with Crippen molar-refractivity contribution >= 4 is 6.47 Å². The molecule has 0 radical (unpaired) electrons. The van der Waals surface area contributed by atoms with Gasteiger partial charge in [0, 0.05) is 19.1 Å². The number of carbonyl (C=O) groups is 1. The molecule has 0 saturated carbocycles. The molecular weight excluding hydrogens is 254 g/mol. The van der Waals surface area contributed by atoms with Crippen LogP contribution in [0.3, 0.4) is 0 Å². The molecule has 1 aromatic rings. The van der Waals surface area contributed by atoms with Gasteiger partial charge in [-0.05, 0) is 25.8 Å². The summed E-state index contributed by atoms with van der Waals surface area (Å²) in [5, 5.41) is 0. The Morgan fingerprint density at radius 2 is 2.05 bits per heavy atom. The van der Waals surface area contributed by atoms with Crippen molar-refractivity contribution in [3.8, 4) is 0 Å².